The van der Waals surface area contributed by atoms with Gasteiger partial charge >= 0.3 is 0 Å². The van der Waals surface area contributed by atoms with Crippen LogP contribution >= 0.6 is 0 Å². The minimum Gasteiger partial charge on any atom is -0.379 e. The van der Waals surface area contributed by atoms with Crippen molar-refractivity contribution in [2.45, 2.75) is 19.6 Å². The Hall–Kier alpha value is -4.88. The zero-order valence-electron chi connectivity index (χ0n) is 30.2. The highest BCUT2D eigenvalue weighted by atomic mass is 32.2. The van der Waals surface area contributed by atoms with Gasteiger partial charge in [0, 0.05) is 48.7 Å². The van der Waals surface area contributed by atoms with Gasteiger partial charge in [0.2, 0.25) is 20.0 Å². The molecule has 0 aliphatic carbocycles. The summed E-state index contributed by atoms with van der Waals surface area (Å²) in [4.78, 5) is 24.6. The van der Waals surface area contributed by atoms with Crippen molar-refractivity contribution < 1.29 is 61.8 Å². The van der Waals surface area contributed by atoms with Gasteiger partial charge in [0.05, 0.1) is 36.2 Å². The van der Waals surface area contributed by atoms with Crippen LogP contribution in [0.25, 0.3) is 12.2 Å². The van der Waals surface area contributed by atoms with Crippen LogP contribution in [0.2, 0.25) is 0 Å². The third-order valence-electron chi connectivity index (χ3n) is 8.95. The molecule has 0 aromatic heterocycles. The Labute approximate surface area is 334 Å². The maximum atomic E-state index is 13.1. The molecule has 4 aromatic carbocycles. The Morgan fingerprint density at radius 3 is 1.24 bits per heavy atom. The maximum absolute atomic E-state index is 13.1. The molecule has 308 valence electrons. The summed E-state index contributed by atoms with van der Waals surface area (Å²) >= 11 is 0. The first-order valence-electron chi connectivity index (χ1n) is 17.2. The minimum absolute atomic E-state index is 0.0608. The summed E-state index contributed by atoms with van der Waals surface area (Å²) in [5.74, 6) is -1.58. The quantitative estimate of drug-likeness (QED) is 0.118. The Balaban J connectivity index is 1.21. The average Bonchev–Trinajstić information content (AvgIpc) is 3.20. The van der Waals surface area contributed by atoms with Gasteiger partial charge in [-0.25, -0.2) is 16.8 Å². The van der Waals surface area contributed by atoms with Crippen LogP contribution in [0.1, 0.15) is 31.8 Å². The van der Waals surface area contributed by atoms with Crippen molar-refractivity contribution in [2.75, 3.05) is 63.2 Å². The molecule has 0 unspecified atom stereocenters. The van der Waals surface area contributed by atoms with Gasteiger partial charge in [0.25, 0.3) is 32.1 Å². The van der Waals surface area contributed by atoms with Crippen LogP contribution in [0, 0.1) is 0 Å². The molecule has 6 rings (SSSR count). The highest BCUT2D eigenvalue weighted by Crippen LogP contribution is 2.28. The molecule has 58 heavy (non-hydrogen) atoms. The van der Waals surface area contributed by atoms with Gasteiger partial charge in [-0.1, -0.05) is 36.4 Å². The minimum atomic E-state index is -4.96. The molecule has 4 aromatic rings. The van der Waals surface area contributed by atoms with E-state index >= 15 is 0 Å². The highest BCUT2D eigenvalue weighted by Gasteiger charge is 2.29. The maximum Gasteiger partial charge on any atom is 0.295 e. The van der Waals surface area contributed by atoms with E-state index in [1.165, 1.54) is 81.4 Å². The van der Waals surface area contributed by atoms with Gasteiger partial charge in [0.1, 0.15) is 9.79 Å². The van der Waals surface area contributed by atoms with E-state index in [1.807, 2.05) is 0 Å². The van der Waals surface area contributed by atoms with Crippen molar-refractivity contribution in [1.29, 1.82) is 0 Å². The fourth-order valence-corrected chi connectivity index (χ4v) is 10.3. The molecule has 0 saturated carbocycles. The van der Waals surface area contributed by atoms with Gasteiger partial charge in [-0.15, -0.1) is 0 Å². The number of carbonyl (C=O) groups is 2. The second-order valence-electron chi connectivity index (χ2n) is 12.8. The summed E-state index contributed by atoms with van der Waals surface area (Å²) in [7, 11) is -17.8. The highest BCUT2D eigenvalue weighted by molar-refractivity contribution is 7.89. The van der Waals surface area contributed by atoms with Crippen LogP contribution in [-0.4, -0.2) is 116 Å². The van der Waals surface area contributed by atoms with Crippen LogP contribution in [0.4, 0.5) is 11.4 Å². The second kappa shape index (κ2) is 17.1. The second-order valence-corrected chi connectivity index (χ2v) is 19.4. The van der Waals surface area contributed by atoms with E-state index in [2.05, 4.69) is 10.6 Å². The first kappa shape index (κ1) is 42.7. The molecule has 2 heterocycles. The summed E-state index contributed by atoms with van der Waals surface area (Å²) in [6.45, 7) is 1.45. The molecule has 0 radical (unpaired) electrons. The van der Waals surface area contributed by atoms with Gasteiger partial charge in [-0.3, -0.25) is 18.7 Å². The number of ether oxygens (including phenoxy) is 2. The number of morpholine rings is 2. The number of nitrogens with one attached hydrogen (secondary N) is 2. The molecule has 2 fully saturated rings. The third-order valence-corrected chi connectivity index (χ3v) is 14.6. The molecular formula is C36H36N4O14S4. The number of nitrogens with zero attached hydrogens (tertiary/aromatic N) is 2. The Bertz CT molecular complexity index is 2540. The average molecular weight is 877 g/mol. The summed E-state index contributed by atoms with van der Waals surface area (Å²) in [6, 6.07) is 17.3. The lowest BCUT2D eigenvalue weighted by molar-refractivity contribution is 0.0730. The smallest absolute Gasteiger partial charge is 0.295 e. The van der Waals surface area contributed by atoms with Gasteiger partial charge in [-0.2, -0.15) is 25.4 Å². The van der Waals surface area contributed by atoms with Crippen molar-refractivity contribution in [3.8, 4) is 0 Å². The lowest BCUT2D eigenvalue weighted by Gasteiger charge is -2.26. The number of hydrogen-bond donors (Lipinski definition) is 4. The Kier molecular flexibility index (Phi) is 12.6. The van der Waals surface area contributed by atoms with Gasteiger partial charge in [0.15, 0.2) is 0 Å². The lowest BCUT2D eigenvalue weighted by atomic mass is 10.1. The van der Waals surface area contributed by atoms with Crippen LogP contribution in [0.3, 0.4) is 0 Å². The zero-order valence-corrected chi connectivity index (χ0v) is 33.5. The van der Waals surface area contributed by atoms with Crippen LogP contribution in [0.5, 0.6) is 0 Å². The lowest BCUT2D eigenvalue weighted by Crippen LogP contribution is -2.40. The molecule has 2 aliphatic rings. The molecule has 4 N–H and O–H groups in total. The fraction of sp³-hybridized carbons (Fsp3) is 0.222. The summed E-state index contributed by atoms with van der Waals surface area (Å²) in [5, 5.41) is 4.93. The predicted octanol–water partition coefficient (Wildman–Crippen LogP) is 2.90. The number of rotatable bonds is 12. The van der Waals surface area contributed by atoms with Crippen molar-refractivity contribution in [2.24, 2.45) is 0 Å². The first-order chi connectivity index (χ1) is 27.3. The largest absolute Gasteiger partial charge is 0.379 e. The molecule has 0 bridgehead atoms. The molecule has 0 atom stereocenters. The van der Waals surface area contributed by atoms with Gasteiger partial charge < -0.3 is 20.1 Å². The van der Waals surface area contributed by atoms with E-state index in [0.29, 0.717) is 0 Å². The van der Waals surface area contributed by atoms with E-state index in [1.54, 1.807) is 0 Å². The number of hydrogen-bond acceptors (Lipinski definition) is 12. The first-order valence-corrected chi connectivity index (χ1v) is 23.0. The van der Waals surface area contributed by atoms with E-state index in [9.17, 15) is 52.4 Å². The van der Waals surface area contributed by atoms with Crippen molar-refractivity contribution in [3.63, 3.8) is 0 Å². The molecule has 2 saturated heterocycles. The number of carbonyl (C=O) groups excluding carboxylic acids is 2. The van der Waals surface area contributed by atoms with Crippen molar-refractivity contribution >= 4 is 75.6 Å². The Morgan fingerprint density at radius 2 is 0.897 bits per heavy atom. The molecular weight excluding hydrogens is 841 g/mol. The fourth-order valence-electron chi connectivity index (χ4n) is 6.00. The number of amides is 2. The van der Waals surface area contributed by atoms with Crippen molar-refractivity contribution in [3.05, 3.63) is 107 Å². The third kappa shape index (κ3) is 9.86. The molecule has 18 nitrogen and oxygen atoms in total. The number of benzene rings is 4. The van der Waals surface area contributed by atoms with E-state index < -0.39 is 61.9 Å². The number of anilines is 2. The van der Waals surface area contributed by atoms with E-state index in [0.717, 1.165) is 24.3 Å². The normalized spacial score (nSPS) is 16.2. The SMILES string of the molecule is O=C(Nc1ccc(/C=C/c2ccc(NC(=O)c3cccc(S(=O)(=O)N4CCOCC4)c3)cc2S(=O)(=O)O)c(S(=O)(=O)O)c1)c1cccc(S(=O)(=O)N2CCOCC2)c1. The molecule has 0 spiro atoms. The monoisotopic (exact) mass is 876 g/mol. The summed E-state index contributed by atoms with van der Waals surface area (Å²) < 4.78 is 135. The topological polar surface area (TPSA) is 260 Å². The molecule has 2 amide bonds. The standard InChI is InChI=1S/C36H36N4O14S4/c41-35(27-3-1-5-31(21-27)55(43,44)39-13-17-53-18-14-39)37-29-11-9-25(33(23-29)57(47,48)49)7-8-26-10-12-30(24-34(26)58(50,51)52)38-36(42)28-4-2-6-32(22-28)56(45,46)40-15-19-54-20-16-40/h1-12,21-24H,13-20H2,(H,37,41)(H,38,42)(H,47,48,49)(H,50,51,52)/b8-7+. The Morgan fingerprint density at radius 1 is 0.534 bits per heavy atom. The summed E-state index contributed by atoms with van der Waals surface area (Å²) in [5.41, 5.74) is -0.642. The zero-order chi connectivity index (χ0) is 41.9. The van der Waals surface area contributed by atoms with Crippen LogP contribution in [-0.2, 0) is 49.8 Å². The molecule has 2 aliphatic heterocycles. The molecule has 22 heteroatoms. The summed E-state index contributed by atoms with van der Waals surface area (Å²) in [6.07, 6.45) is 2.24. The van der Waals surface area contributed by atoms with E-state index in [4.69, 9.17) is 9.47 Å². The number of sulfonamides is 2. The van der Waals surface area contributed by atoms with Crippen molar-refractivity contribution in [1.82, 2.24) is 8.61 Å². The van der Waals surface area contributed by atoms with Crippen LogP contribution < -0.4 is 10.6 Å². The van der Waals surface area contributed by atoms with E-state index in [-0.39, 0.29) is 96.0 Å². The predicted molar refractivity (Wildman–Crippen MR) is 209 cm³/mol. The van der Waals surface area contributed by atoms with Gasteiger partial charge in [-0.05, 0) is 71.8 Å². The van der Waals surface area contributed by atoms with Crippen LogP contribution in [0.15, 0.2) is 105 Å².